The first-order valence-corrected chi connectivity index (χ1v) is 11.2. The van der Waals surface area contributed by atoms with Crippen LogP contribution in [-0.2, 0) is 18.3 Å². The van der Waals surface area contributed by atoms with Crippen molar-refractivity contribution in [1.82, 2.24) is 9.47 Å². The van der Waals surface area contributed by atoms with Crippen molar-refractivity contribution in [3.8, 4) is 0 Å². The highest BCUT2D eigenvalue weighted by molar-refractivity contribution is 6.34. The second kappa shape index (κ2) is 8.68. The Morgan fingerprint density at radius 2 is 1.84 bits per heavy atom. The number of likely N-dealkylation sites (tertiary alicyclic amines) is 1. The smallest absolute Gasteiger partial charge is 0.257 e. The third kappa shape index (κ3) is 4.17. The van der Waals surface area contributed by atoms with Crippen LogP contribution in [0.15, 0.2) is 42.6 Å². The summed E-state index contributed by atoms with van der Waals surface area (Å²) in [6.45, 7) is 5.53. The van der Waals surface area contributed by atoms with Crippen LogP contribution >= 0.6 is 11.6 Å². The number of nitrogens with zero attached hydrogens (tertiary/aromatic N) is 2. The molecule has 0 unspecified atom stereocenters. The third-order valence-corrected chi connectivity index (χ3v) is 6.77. The Labute approximate surface area is 192 Å². The highest BCUT2D eigenvalue weighted by atomic mass is 35.5. The molecule has 1 fully saturated rings. The van der Waals surface area contributed by atoms with Crippen molar-refractivity contribution in [3.05, 3.63) is 64.6 Å². The minimum Gasteiger partial charge on any atom is -0.350 e. The lowest BCUT2D eigenvalue weighted by Gasteiger charge is -2.34. The molecule has 3 aromatic rings. The Kier molecular flexibility index (Phi) is 6.10. The standard InChI is InChI=1S/C25H27ClFN3O2/c1-25(2,30-10-6-7-11-30)23(31)13-16-12-19(26)21(14-20(16)27)28-24(32)18-15-29(3)22-9-5-4-8-17(18)22/h4-5,8-9,12,14-15H,6-7,10-11,13H2,1-3H3,(H,28,32). The first-order valence-electron chi connectivity index (χ1n) is 10.8. The molecule has 1 aromatic heterocycles. The van der Waals surface area contributed by atoms with Crippen molar-refractivity contribution < 1.29 is 14.0 Å². The van der Waals surface area contributed by atoms with E-state index in [9.17, 15) is 14.0 Å². The predicted octanol–water partition coefficient (Wildman–Crippen LogP) is 5.21. The molecule has 32 heavy (non-hydrogen) atoms. The topological polar surface area (TPSA) is 54.3 Å². The molecule has 0 bridgehead atoms. The molecule has 1 N–H and O–H groups in total. The fourth-order valence-corrected chi connectivity index (χ4v) is 4.61. The first kappa shape index (κ1) is 22.5. The second-order valence-electron chi connectivity index (χ2n) is 8.90. The van der Waals surface area contributed by atoms with E-state index < -0.39 is 11.4 Å². The van der Waals surface area contributed by atoms with Gasteiger partial charge in [0.2, 0.25) is 0 Å². The van der Waals surface area contributed by atoms with Crippen LogP contribution in [-0.4, -0.2) is 39.8 Å². The molecular formula is C25H27ClFN3O2. The lowest BCUT2D eigenvalue weighted by Crippen LogP contribution is -2.49. The molecule has 5 nitrogen and oxygen atoms in total. The molecule has 0 aliphatic carbocycles. The summed E-state index contributed by atoms with van der Waals surface area (Å²) < 4.78 is 16.8. The van der Waals surface area contributed by atoms with Crippen molar-refractivity contribution in [2.45, 2.75) is 38.6 Å². The Morgan fingerprint density at radius 1 is 1.16 bits per heavy atom. The van der Waals surface area contributed by atoms with Gasteiger partial charge in [0.25, 0.3) is 5.91 Å². The Bertz CT molecular complexity index is 1200. The van der Waals surface area contributed by atoms with Gasteiger partial charge in [-0.15, -0.1) is 0 Å². The number of aryl methyl sites for hydroxylation is 1. The van der Waals surface area contributed by atoms with Crippen LogP contribution in [0.4, 0.5) is 10.1 Å². The van der Waals surface area contributed by atoms with Crippen molar-refractivity contribution in [2.24, 2.45) is 7.05 Å². The summed E-state index contributed by atoms with van der Waals surface area (Å²) in [5.41, 5.74) is 1.15. The largest absolute Gasteiger partial charge is 0.350 e. The molecule has 1 aliphatic heterocycles. The molecule has 1 aliphatic rings. The quantitative estimate of drug-likeness (QED) is 0.555. The number of amides is 1. The maximum Gasteiger partial charge on any atom is 0.257 e. The van der Waals surface area contributed by atoms with E-state index in [4.69, 9.17) is 11.6 Å². The summed E-state index contributed by atoms with van der Waals surface area (Å²) in [7, 11) is 1.86. The zero-order valence-electron chi connectivity index (χ0n) is 18.5. The van der Waals surface area contributed by atoms with Gasteiger partial charge >= 0.3 is 0 Å². The summed E-state index contributed by atoms with van der Waals surface area (Å²) in [4.78, 5) is 28.0. The second-order valence-corrected chi connectivity index (χ2v) is 9.31. The average Bonchev–Trinajstić information content (AvgIpc) is 3.41. The maximum absolute atomic E-state index is 14.9. The lowest BCUT2D eigenvalue weighted by molar-refractivity contribution is -0.128. The number of anilines is 1. The van der Waals surface area contributed by atoms with Crippen LogP contribution in [0.2, 0.25) is 5.02 Å². The molecule has 0 saturated carbocycles. The molecule has 1 amide bonds. The van der Waals surface area contributed by atoms with E-state index in [0.29, 0.717) is 5.56 Å². The number of rotatable bonds is 6. The van der Waals surface area contributed by atoms with E-state index in [1.807, 2.05) is 49.7 Å². The Balaban J connectivity index is 1.53. The number of para-hydroxylation sites is 1. The van der Waals surface area contributed by atoms with Gasteiger partial charge < -0.3 is 9.88 Å². The summed E-state index contributed by atoms with van der Waals surface area (Å²) in [6.07, 6.45) is 3.83. The fourth-order valence-electron chi connectivity index (χ4n) is 4.37. The molecule has 1 saturated heterocycles. The fraction of sp³-hybridized carbons (Fsp3) is 0.360. The zero-order chi connectivity index (χ0) is 23.0. The number of hydrogen-bond acceptors (Lipinski definition) is 3. The number of hydrogen-bond donors (Lipinski definition) is 1. The van der Waals surface area contributed by atoms with E-state index in [0.717, 1.165) is 36.8 Å². The summed E-state index contributed by atoms with van der Waals surface area (Å²) in [5.74, 6) is -0.989. The van der Waals surface area contributed by atoms with E-state index in [1.54, 1.807) is 6.20 Å². The molecule has 0 radical (unpaired) electrons. The third-order valence-electron chi connectivity index (χ3n) is 6.46. The van der Waals surface area contributed by atoms with E-state index >= 15 is 0 Å². The van der Waals surface area contributed by atoms with Gasteiger partial charge in [-0.05, 0) is 63.5 Å². The zero-order valence-corrected chi connectivity index (χ0v) is 19.3. The van der Waals surface area contributed by atoms with Gasteiger partial charge in [0.15, 0.2) is 5.78 Å². The number of halogens is 2. The molecule has 4 rings (SSSR count). The molecular weight excluding hydrogens is 429 g/mol. The highest BCUT2D eigenvalue weighted by Gasteiger charge is 2.36. The molecule has 2 aromatic carbocycles. The van der Waals surface area contributed by atoms with Crippen LogP contribution in [0.25, 0.3) is 10.9 Å². The van der Waals surface area contributed by atoms with Gasteiger partial charge in [-0.25, -0.2) is 4.39 Å². The maximum atomic E-state index is 14.9. The van der Waals surface area contributed by atoms with Crippen molar-refractivity contribution in [2.75, 3.05) is 18.4 Å². The van der Waals surface area contributed by atoms with Gasteiger partial charge in [0.1, 0.15) is 5.82 Å². The molecule has 0 spiro atoms. The highest BCUT2D eigenvalue weighted by Crippen LogP contribution is 2.30. The Morgan fingerprint density at radius 3 is 2.56 bits per heavy atom. The number of carbonyl (C=O) groups excluding carboxylic acids is 2. The first-order chi connectivity index (χ1) is 15.2. The number of benzene rings is 2. The van der Waals surface area contributed by atoms with E-state index in [1.165, 1.54) is 12.1 Å². The minimum absolute atomic E-state index is 0.0490. The summed E-state index contributed by atoms with van der Waals surface area (Å²) in [5, 5.41) is 3.71. The van der Waals surface area contributed by atoms with Crippen LogP contribution in [0, 0.1) is 5.82 Å². The monoisotopic (exact) mass is 455 g/mol. The van der Waals surface area contributed by atoms with E-state index in [-0.39, 0.29) is 34.4 Å². The number of aromatic nitrogens is 1. The molecule has 2 heterocycles. The van der Waals surface area contributed by atoms with Crippen molar-refractivity contribution in [3.63, 3.8) is 0 Å². The van der Waals surface area contributed by atoms with Gasteiger partial charge in [-0.1, -0.05) is 29.8 Å². The van der Waals surface area contributed by atoms with Crippen LogP contribution < -0.4 is 5.32 Å². The number of fused-ring (bicyclic) bond motifs is 1. The van der Waals surface area contributed by atoms with Gasteiger partial charge in [-0.3, -0.25) is 14.5 Å². The molecule has 7 heteroatoms. The minimum atomic E-state index is -0.656. The van der Waals surface area contributed by atoms with Crippen LogP contribution in [0.3, 0.4) is 0 Å². The number of nitrogens with one attached hydrogen (secondary N) is 1. The predicted molar refractivity (Wildman–Crippen MR) is 126 cm³/mol. The molecule has 168 valence electrons. The Hall–Kier alpha value is -2.70. The van der Waals surface area contributed by atoms with Gasteiger partial charge in [0, 0.05) is 30.6 Å². The normalized spacial score (nSPS) is 14.8. The number of ketones is 1. The SMILES string of the molecule is Cn1cc(C(=O)Nc2cc(F)c(CC(=O)C(C)(C)N3CCCC3)cc2Cl)c2ccccc21. The number of Topliss-reactive ketones (excluding diaryl/α,β-unsaturated/α-hetero) is 1. The van der Waals surface area contributed by atoms with Crippen molar-refractivity contribution >= 4 is 39.9 Å². The average molecular weight is 456 g/mol. The molecule has 0 atom stereocenters. The lowest BCUT2D eigenvalue weighted by atomic mass is 9.91. The summed E-state index contributed by atoms with van der Waals surface area (Å²) >= 11 is 6.37. The summed E-state index contributed by atoms with van der Waals surface area (Å²) in [6, 6.07) is 10.2. The van der Waals surface area contributed by atoms with Crippen LogP contribution in [0.1, 0.15) is 42.6 Å². The van der Waals surface area contributed by atoms with Gasteiger partial charge in [-0.2, -0.15) is 0 Å². The van der Waals surface area contributed by atoms with Crippen molar-refractivity contribution in [1.29, 1.82) is 0 Å². The number of carbonyl (C=O) groups is 2. The van der Waals surface area contributed by atoms with Crippen LogP contribution in [0.5, 0.6) is 0 Å². The van der Waals surface area contributed by atoms with Gasteiger partial charge in [0.05, 0.1) is 21.8 Å². The van der Waals surface area contributed by atoms with E-state index in [2.05, 4.69) is 10.2 Å².